The molecule has 10 nitrogen and oxygen atoms in total. The van der Waals surface area contributed by atoms with Gasteiger partial charge in [-0.25, -0.2) is 9.18 Å². The molecular weight excluding hydrogens is 543 g/mol. The van der Waals surface area contributed by atoms with Crippen LogP contribution in [0.2, 0.25) is 0 Å². The van der Waals surface area contributed by atoms with E-state index >= 15 is 0 Å². The highest BCUT2D eigenvalue weighted by Gasteiger charge is 2.54. The second-order valence-corrected chi connectivity index (χ2v) is 11.8. The fourth-order valence-corrected chi connectivity index (χ4v) is 5.58. The number of carbonyl (C=O) groups is 2. The fourth-order valence-electron chi connectivity index (χ4n) is 5.58. The van der Waals surface area contributed by atoms with E-state index in [1.165, 1.54) is 41.0 Å². The lowest BCUT2D eigenvalue weighted by Crippen LogP contribution is -2.73. The lowest BCUT2D eigenvalue weighted by molar-refractivity contribution is -0.137. The predicted molar refractivity (Wildman–Crippen MR) is 159 cm³/mol. The monoisotopic (exact) mass is 584 g/mol. The molecule has 2 aliphatic heterocycles. The van der Waals surface area contributed by atoms with Crippen LogP contribution in [0.4, 0.5) is 20.7 Å². The molecule has 1 aromatic carbocycles. The molecule has 1 atom stereocenters. The van der Waals surface area contributed by atoms with E-state index in [4.69, 9.17) is 9.15 Å². The molecule has 1 unspecified atom stereocenters. The number of hydrogen-bond donors (Lipinski definition) is 2. The topological polar surface area (TPSA) is 117 Å². The molecular formula is C31H41FN4O6. The Kier molecular flexibility index (Phi) is 8.73. The van der Waals surface area contributed by atoms with E-state index in [1.54, 1.807) is 38.7 Å². The number of fused-ring (bicyclic) bond motifs is 1. The summed E-state index contributed by atoms with van der Waals surface area (Å²) < 4.78 is 27.2. The van der Waals surface area contributed by atoms with Crippen molar-refractivity contribution in [3.8, 4) is 0 Å². The molecule has 0 spiro atoms. The van der Waals surface area contributed by atoms with Crippen LogP contribution in [0.1, 0.15) is 69.8 Å². The number of carbonyl (C=O) groups excluding carboxylic acids is 2. The van der Waals surface area contributed by atoms with Crippen molar-refractivity contribution in [3.63, 3.8) is 0 Å². The summed E-state index contributed by atoms with van der Waals surface area (Å²) in [6, 6.07) is 5.57. The van der Waals surface area contributed by atoms with Gasteiger partial charge in [0.15, 0.2) is 5.58 Å². The molecule has 0 aliphatic carbocycles. The van der Waals surface area contributed by atoms with Gasteiger partial charge >= 0.3 is 6.09 Å². The van der Waals surface area contributed by atoms with Crippen LogP contribution < -0.4 is 10.9 Å². The van der Waals surface area contributed by atoms with Gasteiger partial charge in [-0.15, -0.1) is 0 Å². The summed E-state index contributed by atoms with van der Waals surface area (Å²) in [6.45, 7) is 11.5. The molecule has 2 saturated heterocycles. The number of hydrogen-bond acceptors (Lipinski definition) is 7. The number of furan rings is 1. The van der Waals surface area contributed by atoms with Crippen LogP contribution in [0, 0.1) is 12.7 Å². The number of β-amino-alcohol motifs (C(OH)–C–C–N with tert-alkyl or cyclic N) is 1. The third kappa shape index (κ3) is 5.88. The third-order valence-corrected chi connectivity index (χ3v) is 7.56. The average Bonchev–Trinajstić information content (AvgIpc) is 3.41. The van der Waals surface area contributed by atoms with Crippen LogP contribution in [0.15, 0.2) is 39.7 Å². The molecule has 4 heterocycles. The van der Waals surface area contributed by atoms with Crippen molar-refractivity contribution in [2.75, 3.05) is 25.0 Å². The minimum Gasteiger partial charge on any atom is -0.463 e. The Morgan fingerprint density at radius 2 is 1.86 bits per heavy atom. The Balaban J connectivity index is 0.00000198. The zero-order valence-electron chi connectivity index (χ0n) is 25.4. The van der Waals surface area contributed by atoms with E-state index in [0.29, 0.717) is 13.0 Å². The van der Waals surface area contributed by atoms with Crippen LogP contribution in [0.5, 0.6) is 0 Å². The van der Waals surface area contributed by atoms with Gasteiger partial charge in [0.05, 0.1) is 36.5 Å². The number of aromatic nitrogens is 1. The van der Waals surface area contributed by atoms with Crippen molar-refractivity contribution in [1.82, 2.24) is 14.4 Å². The largest absolute Gasteiger partial charge is 0.463 e. The summed E-state index contributed by atoms with van der Waals surface area (Å²) in [5, 5.41) is 14.7. The second-order valence-electron chi connectivity index (χ2n) is 11.8. The molecule has 2 aromatic heterocycles. The first-order valence-electron chi connectivity index (χ1n) is 14.4. The van der Waals surface area contributed by atoms with Gasteiger partial charge in [-0.2, -0.15) is 0 Å². The summed E-state index contributed by atoms with van der Waals surface area (Å²) in [4.78, 5) is 42.9. The van der Waals surface area contributed by atoms with Gasteiger partial charge in [-0.3, -0.25) is 14.2 Å². The fraction of sp³-hybridized carbons (Fsp3) is 0.516. The zero-order chi connectivity index (χ0) is 31.0. The van der Waals surface area contributed by atoms with Gasteiger partial charge in [0.2, 0.25) is 0 Å². The van der Waals surface area contributed by atoms with Crippen molar-refractivity contribution in [2.24, 2.45) is 7.05 Å². The zero-order valence-corrected chi connectivity index (χ0v) is 25.4. The highest BCUT2D eigenvalue weighted by atomic mass is 19.1. The smallest absolute Gasteiger partial charge is 0.410 e. The number of aliphatic hydroxyl groups is 1. The SMILES string of the molecule is CC.Cc1ccc(Nc2c(C(=O)N3CC(O)(C4CCCCN4C(=O)OC(C)(C)C)C3)c3occc3c(=O)n2C)c(F)c1. The minimum atomic E-state index is -1.33. The molecule has 2 aliphatic rings. The maximum absolute atomic E-state index is 14.8. The van der Waals surface area contributed by atoms with E-state index < -0.39 is 40.6 Å². The predicted octanol–water partition coefficient (Wildman–Crippen LogP) is 5.33. The van der Waals surface area contributed by atoms with Crippen molar-refractivity contribution >= 4 is 34.5 Å². The number of nitrogens with zero attached hydrogens (tertiary/aromatic N) is 3. The first kappa shape index (κ1) is 31.1. The Bertz CT molecular complexity index is 1530. The molecule has 42 heavy (non-hydrogen) atoms. The molecule has 2 fully saturated rings. The van der Waals surface area contributed by atoms with E-state index in [9.17, 15) is 23.9 Å². The molecule has 3 aromatic rings. The molecule has 2 N–H and O–H groups in total. The molecule has 0 radical (unpaired) electrons. The number of piperidine rings is 1. The number of ether oxygens (including phenoxy) is 1. The van der Waals surface area contributed by atoms with Gasteiger partial charge < -0.3 is 29.4 Å². The first-order chi connectivity index (χ1) is 19.8. The standard InChI is InChI=1S/C29H35FN4O6.C2H6/c1-17-9-10-20(19(30)14-17)31-24-22(23-18(11-13-39-23)25(35)32(24)5)26(36)33-15-29(38,16-33)21-8-6-7-12-34(21)27(37)40-28(2,3)4;1-2/h9-11,13-14,21,31,38H,6-8,12,15-16H2,1-5H3;1-2H3. The number of pyridine rings is 1. The van der Waals surface area contributed by atoms with Crippen molar-refractivity contribution in [2.45, 2.75) is 78.0 Å². The van der Waals surface area contributed by atoms with E-state index in [0.717, 1.165) is 18.4 Å². The van der Waals surface area contributed by atoms with Gasteiger partial charge in [-0.1, -0.05) is 19.9 Å². The molecule has 228 valence electrons. The minimum absolute atomic E-state index is 0.0286. The summed E-state index contributed by atoms with van der Waals surface area (Å²) in [6.07, 6.45) is 3.06. The van der Waals surface area contributed by atoms with Crippen LogP contribution in [-0.4, -0.2) is 68.4 Å². The third-order valence-electron chi connectivity index (χ3n) is 7.56. The molecule has 5 rings (SSSR count). The maximum Gasteiger partial charge on any atom is 0.410 e. The van der Waals surface area contributed by atoms with Crippen LogP contribution >= 0.6 is 0 Å². The molecule has 0 bridgehead atoms. The Morgan fingerprint density at radius 1 is 1.17 bits per heavy atom. The number of halogens is 1. The molecule has 11 heteroatoms. The van der Waals surface area contributed by atoms with Crippen LogP contribution in [-0.2, 0) is 11.8 Å². The van der Waals surface area contributed by atoms with Crippen molar-refractivity contribution in [1.29, 1.82) is 0 Å². The quantitative estimate of drug-likeness (QED) is 0.426. The van der Waals surface area contributed by atoms with Gasteiger partial charge in [-0.05, 0) is 70.7 Å². The normalized spacial score (nSPS) is 18.2. The Labute approximate surface area is 245 Å². The molecule has 2 amide bonds. The summed E-state index contributed by atoms with van der Waals surface area (Å²) in [5.74, 6) is -0.957. The summed E-state index contributed by atoms with van der Waals surface area (Å²) in [5.41, 5.74) is -1.48. The number of nitrogens with one attached hydrogen (secondary N) is 1. The highest BCUT2D eigenvalue weighted by molar-refractivity contribution is 6.09. The number of amides is 2. The molecule has 0 saturated carbocycles. The number of anilines is 2. The van der Waals surface area contributed by atoms with Crippen molar-refractivity contribution < 1.29 is 28.2 Å². The van der Waals surface area contributed by atoms with E-state index in [2.05, 4.69) is 5.32 Å². The lowest BCUT2D eigenvalue weighted by Gasteiger charge is -2.54. The summed E-state index contributed by atoms with van der Waals surface area (Å²) in [7, 11) is 1.49. The van der Waals surface area contributed by atoms with Crippen LogP contribution in [0.3, 0.4) is 0 Å². The van der Waals surface area contributed by atoms with E-state index in [1.807, 2.05) is 13.8 Å². The number of aryl methyl sites for hydroxylation is 1. The van der Waals surface area contributed by atoms with Gasteiger partial charge in [0, 0.05) is 13.6 Å². The number of benzene rings is 1. The Morgan fingerprint density at radius 3 is 2.50 bits per heavy atom. The van der Waals surface area contributed by atoms with Crippen LogP contribution in [0.25, 0.3) is 11.0 Å². The summed E-state index contributed by atoms with van der Waals surface area (Å²) >= 11 is 0. The Hall–Kier alpha value is -3.86. The average molecular weight is 585 g/mol. The number of rotatable bonds is 4. The van der Waals surface area contributed by atoms with Crippen molar-refractivity contribution in [3.05, 3.63) is 57.8 Å². The number of likely N-dealkylation sites (tertiary alicyclic amines) is 2. The second kappa shape index (κ2) is 11.8. The lowest BCUT2D eigenvalue weighted by atomic mass is 9.80. The maximum atomic E-state index is 14.8. The van der Waals surface area contributed by atoms with Gasteiger partial charge in [0.25, 0.3) is 11.5 Å². The highest BCUT2D eigenvalue weighted by Crippen LogP contribution is 2.37. The van der Waals surface area contributed by atoms with E-state index in [-0.39, 0.29) is 41.1 Å². The first-order valence-corrected chi connectivity index (χ1v) is 14.4. The van der Waals surface area contributed by atoms with Gasteiger partial charge in [0.1, 0.15) is 28.4 Å².